The Labute approximate surface area is 186 Å². The molecule has 2 heterocycles. The van der Waals surface area contributed by atoms with Gasteiger partial charge in [-0.15, -0.1) is 0 Å². The van der Waals surface area contributed by atoms with Crippen LogP contribution in [0.3, 0.4) is 0 Å². The van der Waals surface area contributed by atoms with Crippen molar-refractivity contribution < 1.29 is 38.7 Å². The molecule has 2 bridgehead atoms. The van der Waals surface area contributed by atoms with Gasteiger partial charge in [-0.2, -0.15) is 0 Å². The van der Waals surface area contributed by atoms with Crippen LogP contribution in [0.2, 0.25) is 0 Å². The zero-order valence-corrected chi connectivity index (χ0v) is 18.5. The minimum absolute atomic E-state index is 0.141. The van der Waals surface area contributed by atoms with Crippen LogP contribution in [0.1, 0.15) is 44.0 Å². The number of rotatable bonds is 4. The van der Waals surface area contributed by atoms with Crippen LogP contribution >= 0.6 is 0 Å². The van der Waals surface area contributed by atoms with Crippen molar-refractivity contribution in [3.05, 3.63) is 35.9 Å². The molecule has 9 atom stereocenters. The van der Waals surface area contributed by atoms with Gasteiger partial charge in [0.15, 0.2) is 0 Å². The van der Waals surface area contributed by atoms with Crippen molar-refractivity contribution >= 4 is 11.9 Å². The van der Waals surface area contributed by atoms with Crippen LogP contribution in [-0.4, -0.2) is 71.5 Å². The summed E-state index contributed by atoms with van der Waals surface area (Å²) in [6.45, 7) is 5.45. The van der Waals surface area contributed by atoms with Crippen LogP contribution < -0.4 is 0 Å². The van der Waals surface area contributed by atoms with Gasteiger partial charge in [-0.05, 0) is 30.9 Å². The van der Waals surface area contributed by atoms with Crippen LogP contribution in [0.15, 0.2) is 30.3 Å². The predicted molar refractivity (Wildman–Crippen MR) is 111 cm³/mol. The highest BCUT2D eigenvalue weighted by Gasteiger charge is 2.84. The molecule has 2 aliphatic heterocycles. The molecule has 174 valence electrons. The molecule has 1 aromatic rings. The van der Waals surface area contributed by atoms with E-state index in [1.165, 1.54) is 6.92 Å². The van der Waals surface area contributed by atoms with E-state index < -0.39 is 58.9 Å². The summed E-state index contributed by atoms with van der Waals surface area (Å²) in [7, 11) is 0. The first-order valence-corrected chi connectivity index (χ1v) is 11.2. The molecular weight excluding hydrogens is 416 g/mol. The van der Waals surface area contributed by atoms with Crippen molar-refractivity contribution in [1.82, 2.24) is 0 Å². The summed E-state index contributed by atoms with van der Waals surface area (Å²) in [6, 6.07) is 8.65. The third-order valence-corrected chi connectivity index (χ3v) is 8.50. The second-order valence-electron chi connectivity index (χ2n) is 10.0. The number of aliphatic hydroxyl groups excluding tert-OH is 2. The van der Waals surface area contributed by atoms with Crippen molar-refractivity contribution in [2.75, 3.05) is 13.2 Å². The molecule has 4 aliphatic rings. The van der Waals surface area contributed by atoms with Gasteiger partial charge in [-0.1, -0.05) is 32.0 Å². The van der Waals surface area contributed by atoms with Crippen molar-refractivity contribution in [1.29, 1.82) is 0 Å². The van der Waals surface area contributed by atoms with E-state index in [0.717, 1.165) is 0 Å². The van der Waals surface area contributed by atoms with Crippen LogP contribution in [0.25, 0.3) is 0 Å². The number of hydrogen-bond acceptors (Lipinski definition) is 8. The van der Waals surface area contributed by atoms with E-state index in [0.29, 0.717) is 25.0 Å². The van der Waals surface area contributed by atoms with E-state index in [9.17, 15) is 19.8 Å². The van der Waals surface area contributed by atoms with E-state index in [-0.39, 0.29) is 12.5 Å². The van der Waals surface area contributed by atoms with E-state index in [4.69, 9.17) is 18.9 Å². The first kappa shape index (κ1) is 21.8. The summed E-state index contributed by atoms with van der Waals surface area (Å²) in [6.07, 6.45) is -2.85. The van der Waals surface area contributed by atoms with Gasteiger partial charge in [0.05, 0.1) is 35.9 Å². The molecule has 1 aromatic carbocycles. The fourth-order valence-electron chi connectivity index (χ4n) is 6.66. The number of aliphatic hydroxyl groups is 2. The summed E-state index contributed by atoms with van der Waals surface area (Å²) in [5, 5.41) is 22.4. The number of esters is 2. The minimum Gasteiger partial charge on any atom is -0.461 e. The van der Waals surface area contributed by atoms with Crippen LogP contribution in [0, 0.1) is 16.7 Å². The monoisotopic (exact) mass is 446 g/mol. The third-order valence-electron chi connectivity index (χ3n) is 8.50. The Kier molecular flexibility index (Phi) is 4.94. The topological polar surface area (TPSA) is 115 Å². The van der Waals surface area contributed by atoms with Gasteiger partial charge >= 0.3 is 11.9 Å². The first-order valence-electron chi connectivity index (χ1n) is 11.2. The lowest BCUT2D eigenvalue weighted by Gasteiger charge is -2.61. The highest BCUT2D eigenvalue weighted by molar-refractivity contribution is 5.89. The van der Waals surface area contributed by atoms with Crippen molar-refractivity contribution in [3.63, 3.8) is 0 Å². The molecule has 8 nitrogen and oxygen atoms in total. The Balaban J connectivity index is 1.54. The van der Waals surface area contributed by atoms with E-state index >= 15 is 0 Å². The predicted octanol–water partition coefficient (Wildman–Crippen LogP) is 1.47. The van der Waals surface area contributed by atoms with Crippen LogP contribution in [-0.2, 0) is 23.7 Å². The van der Waals surface area contributed by atoms with Gasteiger partial charge in [-0.25, -0.2) is 4.79 Å². The van der Waals surface area contributed by atoms with Crippen LogP contribution in [0.5, 0.6) is 0 Å². The molecule has 2 N–H and O–H groups in total. The van der Waals surface area contributed by atoms with Gasteiger partial charge in [0.25, 0.3) is 0 Å². The molecule has 0 amide bonds. The molecule has 2 aliphatic carbocycles. The number of hydrogen-bond donors (Lipinski definition) is 2. The zero-order valence-electron chi connectivity index (χ0n) is 18.5. The van der Waals surface area contributed by atoms with Gasteiger partial charge in [0.2, 0.25) is 0 Å². The van der Waals surface area contributed by atoms with Crippen LogP contribution in [0.4, 0.5) is 0 Å². The second-order valence-corrected chi connectivity index (χ2v) is 10.0. The Morgan fingerprint density at radius 1 is 1.22 bits per heavy atom. The quantitative estimate of drug-likeness (QED) is 0.528. The number of carbonyl (C=O) groups excluding carboxylic acids is 2. The third kappa shape index (κ3) is 2.76. The molecule has 4 fully saturated rings. The van der Waals surface area contributed by atoms with Crippen molar-refractivity contribution in [2.24, 2.45) is 16.7 Å². The smallest absolute Gasteiger partial charge is 0.338 e. The number of carbonyl (C=O) groups is 2. The molecule has 5 rings (SSSR count). The number of fused-ring (bicyclic) bond motifs is 2. The van der Waals surface area contributed by atoms with E-state index in [1.54, 1.807) is 24.3 Å². The van der Waals surface area contributed by atoms with Gasteiger partial charge in [-0.3, -0.25) is 4.79 Å². The molecule has 1 spiro atoms. The average Bonchev–Trinajstić information content (AvgIpc) is 3.53. The van der Waals surface area contributed by atoms with Gasteiger partial charge in [0, 0.05) is 12.3 Å². The summed E-state index contributed by atoms with van der Waals surface area (Å²) >= 11 is 0. The normalized spacial score (nSPS) is 46.4. The molecule has 1 unspecified atom stereocenters. The van der Waals surface area contributed by atoms with Crippen molar-refractivity contribution in [2.45, 2.75) is 69.7 Å². The summed E-state index contributed by atoms with van der Waals surface area (Å²) in [5.41, 5.74) is -2.22. The average molecular weight is 446 g/mol. The molecular formula is C24H30O8. The molecule has 8 heteroatoms. The Hall–Kier alpha value is -2.00. The molecule has 0 radical (unpaired) electrons. The molecule has 0 aromatic heterocycles. The number of benzene rings is 1. The highest BCUT2D eigenvalue weighted by Crippen LogP contribution is 2.72. The second kappa shape index (κ2) is 7.25. The first-order chi connectivity index (χ1) is 15.2. The Morgan fingerprint density at radius 2 is 1.91 bits per heavy atom. The summed E-state index contributed by atoms with van der Waals surface area (Å²) < 4.78 is 23.9. The molecule has 2 saturated carbocycles. The maximum atomic E-state index is 12.8. The Morgan fingerprint density at radius 3 is 2.53 bits per heavy atom. The lowest BCUT2D eigenvalue weighted by molar-refractivity contribution is -0.297. The summed E-state index contributed by atoms with van der Waals surface area (Å²) in [4.78, 5) is 24.6. The van der Waals surface area contributed by atoms with E-state index in [2.05, 4.69) is 0 Å². The standard InChI is InChI=1S/C24H30O8/c1-13-9-17-23(19(27)18(13)26,11-29-21(28)15-7-5-4-6-8-15)22(3)10-16(31-14(2)25)20(32-17)24(22)12-30-24/h4-8,13,16-20,26-27H,9-12H2,1-3H3/t13?,16-,17-,18-,19-,20-,22-,23-,24+/m1/s1. The van der Waals surface area contributed by atoms with Crippen molar-refractivity contribution in [3.8, 4) is 0 Å². The number of epoxide rings is 1. The van der Waals surface area contributed by atoms with Gasteiger partial charge < -0.3 is 29.2 Å². The largest absolute Gasteiger partial charge is 0.461 e. The number of ether oxygens (including phenoxy) is 4. The molecule has 32 heavy (non-hydrogen) atoms. The molecule has 2 saturated heterocycles. The fraction of sp³-hybridized carbons (Fsp3) is 0.667. The lowest BCUT2D eigenvalue weighted by atomic mass is 9.49. The Bertz CT molecular complexity index is 914. The highest BCUT2D eigenvalue weighted by atomic mass is 16.7. The lowest BCUT2D eigenvalue weighted by Crippen LogP contribution is -2.73. The maximum absolute atomic E-state index is 12.8. The van der Waals surface area contributed by atoms with E-state index in [1.807, 2.05) is 19.9 Å². The maximum Gasteiger partial charge on any atom is 0.338 e. The van der Waals surface area contributed by atoms with Gasteiger partial charge in [0.1, 0.15) is 24.4 Å². The minimum atomic E-state index is -1.21. The fourth-order valence-corrected chi connectivity index (χ4v) is 6.66. The zero-order chi connectivity index (χ0) is 22.9. The summed E-state index contributed by atoms with van der Waals surface area (Å²) in [5.74, 6) is -1.13. The SMILES string of the molecule is CC(=O)O[C@@H]1C[C@]2(C)[C@@]3(COC(=O)c4ccccc4)[C@H](O)[C@H](O)C(C)C[C@H]3O[C@H]1[C@@]21CO1.